The Balaban J connectivity index is 1.88. The summed E-state index contributed by atoms with van der Waals surface area (Å²) in [5.41, 5.74) is 1.15. The summed E-state index contributed by atoms with van der Waals surface area (Å²) < 4.78 is 6.20. The molecule has 0 radical (unpaired) electrons. The Morgan fingerprint density at radius 2 is 2.00 bits per heavy atom. The molecule has 2 rings (SSSR count). The molecule has 0 bridgehead atoms. The van der Waals surface area contributed by atoms with Gasteiger partial charge < -0.3 is 10.1 Å². The molecule has 2 aromatic rings. The van der Waals surface area contributed by atoms with E-state index in [4.69, 9.17) is 0 Å². The predicted octanol–water partition coefficient (Wildman–Crippen LogP) is 2.09. The number of aryl methyl sites for hydroxylation is 1. The van der Waals surface area contributed by atoms with Crippen LogP contribution in [0.2, 0.25) is 0 Å². The number of anilines is 2. The van der Waals surface area contributed by atoms with Gasteiger partial charge in [-0.05, 0) is 24.3 Å². The number of rotatable bonds is 5. The summed E-state index contributed by atoms with van der Waals surface area (Å²) in [7, 11) is 1.29. The molecule has 2 N–H and O–H groups in total. The van der Waals surface area contributed by atoms with Crippen LogP contribution in [0.15, 0.2) is 42.7 Å². The van der Waals surface area contributed by atoms with Gasteiger partial charge in [-0.25, -0.2) is 4.79 Å². The van der Waals surface area contributed by atoms with Crippen LogP contribution in [-0.4, -0.2) is 28.9 Å². The first-order valence-corrected chi connectivity index (χ1v) is 6.39. The molecule has 7 heteroatoms. The third-order valence-electron chi connectivity index (χ3n) is 2.71. The molecule has 0 aliphatic rings. The van der Waals surface area contributed by atoms with Crippen LogP contribution in [0.5, 0.6) is 0 Å². The first-order valence-electron chi connectivity index (χ1n) is 6.39. The predicted molar refractivity (Wildman–Crippen MR) is 77.9 cm³/mol. The first-order chi connectivity index (χ1) is 10.2. The zero-order valence-corrected chi connectivity index (χ0v) is 11.6. The van der Waals surface area contributed by atoms with Crippen molar-refractivity contribution >= 4 is 23.4 Å². The Hall–Kier alpha value is -2.83. The molecule has 0 spiro atoms. The Labute approximate surface area is 121 Å². The van der Waals surface area contributed by atoms with Gasteiger partial charge in [-0.2, -0.15) is 5.10 Å². The number of hydrogen-bond acceptors (Lipinski definition) is 4. The van der Waals surface area contributed by atoms with Crippen LogP contribution in [0, 0.1) is 0 Å². The van der Waals surface area contributed by atoms with Crippen LogP contribution in [0.4, 0.5) is 16.2 Å². The number of carbonyl (C=O) groups is 2. The second-order valence-corrected chi connectivity index (χ2v) is 4.26. The minimum absolute atomic E-state index is 0.124. The number of methoxy groups -OCH3 is 1. The van der Waals surface area contributed by atoms with Gasteiger partial charge in [0.05, 0.1) is 7.11 Å². The molecule has 1 aromatic heterocycles. The first kappa shape index (κ1) is 14.6. The lowest BCUT2D eigenvalue weighted by atomic mass is 10.2. The maximum atomic E-state index is 11.8. The lowest BCUT2D eigenvalue weighted by Crippen LogP contribution is -2.15. The maximum absolute atomic E-state index is 11.8. The molecule has 0 aliphatic carbocycles. The molecule has 1 aromatic carbocycles. The van der Waals surface area contributed by atoms with Crippen LogP contribution in [-0.2, 0) is 16.1 Å². The molecular weight excluding hydrogens is 272 g/mol. The molecule has 110 valence electrons. The minimum atomic E-state index is -0.558. The van der Waals surface area contributed by atoms with E-state index in [-0.39, 0.29) is 5.91 Å². The highest BCUT2D eigenvalue weighted by atomic mass is 16.5. The number of hydrogen-bond donors (Lipinski definition) is 2. The minimum Gasteiger partial charge on any atom is -0.453 e. The number of aromatic nitrogens is 2. The highest BCUT2D eigenvalue weighted by Gasteiger charge is 2.05. The number of nitrogens with one attached hydrogen (secondary N) is 2. The van der Waals surface area contributed by atoms with Crippen LogP contribution in [0.3, 0.4) is 0 Å². The van der Waals surface area contributed by atoms with Crippen LogP contribution < -0.4 is 10.6 Å². The van der Waals surface area contributed by atoms with E-state index in [0.29, 0.717) is 24.3 Å². The maximum Gasteiger partial charge on any atom is 0.411 e. The number of amides is 2. The van der Waals surface area contributed by atoms with Crippen molar-refractivity contribution in [1.82, 2.24) is 9.78 Å². The highest BCUT2D eigenvalue weighted by molar-refractivity contribution is 5.92. The van der Waals surface area contributed by atoms with E-state index in [1.54, 1.807) is 47.4 Å². The van der Waals surface area contributed by atoms with E-state index in [9.17, 15) is 9.59 Å². The van der Waals surface area contributed by atoms with Crippen molar-refractivity contribution in [3.63, 3.8) is 0 Å². The highest BCUT2D eigenvalue weighted by Crippen LogP contribution is 2.15. The number of carbonyl (C=O) groups excluding carboxylic acids is 2. The van der Waals surface area contributed by atoms with E-state index in [0.717, 1.165) is 0 Å². The molecule has 0 aliphatic heterocycles. The molecule has 0 saturated carbocycles. The molecule has 7 nitrogen and oxygen atoms in total. The number of benzene rings is 1. The SMILES string of the molecule is COC(=O)Nc1cccc(NC(=O)CCn2cccn2)c1. The van der Waals surface area contributed by atoms with Gasteiger partial charge in [-0.1, -0.05) is 6.07 Å². The van der Waals surface area contributed by atoms with Gasteiger partial charge in [0.1, 0.15) is 0 Å². The summed E-state index contributed by atoms with van der Waals surface area (Å²) in [4.78, 5) is 23.0. The van der Waals surface area contributed by atoms with Crippen molar-refractivity contribution in [3.05, 3.63) is 42.7 Å². The van der Waals surface area contributed by atoms with Gasteiger partial charge in [-0.15, -0.1) is 0 Å². The van der Waals surface area contributed by atoms with E-state index >= 15 is 0 Å². The summed E-state index contributed by atoms with van der Waals surface area (Å²) >= 11 is 0. The molecule has 0 unspecified atom stereocenters. The largest absolute Gasteiger partial charge is 0.453 e. The Morgan fingerprint density at radius 1 is 1.24 bits per heavy atom. The van der Waals surface area contributed by atoms with Crippen molar-refractivity contribution in [2.45, 2.75) is 13.0 Å². The van der Waals surface area contributed by atoms with Crippen LogP contribution >= 0.6 is 0 Å². The smallest absolute Gasteiger partial charge is 0.411 e. The summed E-state index contributed by atoms with van der Waals surface area (Å²) in [6.07, 6.45) is 3.22. The summed E-state index contributed by atoms with van der Waals surface area (Å²) in [5.74, 6) is -0.124. The normalized spacial score (nSPS) is 9.95. The summed E-state index contributed by atoms with van der Waals surface area (Å²) in [6.45, 7) is 0.513. The van der Waals surface area contributed by atoms with Gasteiger partial charge in [0, 0.05) is 36.7 Å². The average Bonchev–Trinajstić information content (AvgIpc) is 2.98. The van der Waals surface area contributed by atoms with Gasteiger partial charge in [-0.3, -0.25) is 14.8 Å². The zero-order chi connectivity index (χ0) is 15.1. The van der Waals surface area contributed by atoms with Crippen molar-refractivity contribution in [1.29, 1.82) is 0 Å². The lowest BCUT2D eigenvalue weighted by molar-refractivity contribution is -0.116. The third-order valence-corrected chi connectivity index (χ3v) is 2.71. The van der Waals surface area contributed by atoms with Crippen molar-refractivity contribution < 1.29 is 14.3 Å². The van der Waals surface area contributed by atoms with E-state index in [1.807, 2.05) is 0 Å². The second kappa shape index (κ2) is 7.09. The molecule has 21 heavy (non-hydrogen) atoms. The quantitative estimate of drug-likeness (QED) is 0.882. The Morgan fingerprint density at radius 3 is 2.67 bits per heavy atom. The van der Waals surface area contributed by atoms with E-state index in [1.165, 1.54) is 7.11 Å². The summed E-state index contributed by atoms with van der Waals surface area (Å²) in [5, 5.41) is 9.32. The average molecular weight is 288 g/mol. The number of nitrogens with zero attached hydrogens (tertiary/aromatic N) is 2. The van der Waals surface area contributed by atoms with E-state index < -0.39 is 6.09 Å². The Bertz CT molecular complexity index is 610. The van der Waals surface area contributed by atoms with Gasteiger partial charge in [0.25, 0.3) is 0 Å². The number of ether oxygens (including phenoxy) is 1. The zero-order valence-electron chi connectivity index (χ0n) is 11.6. The van der Waals surface area contributed by atoms with Crippen molar-refractivity contribution in [2.24, 2.45) is 0 Å². The monoisotopic (exact) mass is 288 g/mol. The molecule has 2 amide bonds. The van der Waals surface area contributed by atoms with Crippen LogP contribution in [0.1, 0.15) is 6.42 Å². The third kappa shape index (κ3) is 4.64. The summed E-state index contributed by atoms with van der Waals surface area (Å²) in [6, 6.07) is 8.64. The Kier molecular flexibility index (Phi) is 4.92. The topological polar surface area (TPSA) is 85.3 Å². The lowest BCUT2D eigenvalue weighted by Gasteiger charge is -2.08. The molecule has 0 atom stereocenters. The van der Waals surface area contributed by atoms with Crippen LogP contribution in [0.25, 0.3) is 0 Å². The fourth-order valence-electron chi connectivity index (χ4n) is 1.72. The molecule has 0 saturated heterocycles. The van der Waals surface area contributed by atoms with E-state index in [2.05, 4.69) is 20.5 Å². The fraction of sp³-hybridized carbons (Fsp3) is 0.214. The van der Waals surface area contributed by atoms with Gasteiger partial charge in [0.2, 0.25) is 5.91 Å². The molecular formula is C14H16N4O3. The van der Waals surface area contributed by atoms with Crippen molar-refractivity contribution in [2.75, 3.05) is 17.7 Å². The second-order valence-electron chi connectivity index (χ2n) is 4.26. The van der Waals surface area contributed by atoms with Gasteiger partial charge in [0.15, 0.2) is 0 Å². The van der Waals surface area contributed by atoms with Gasteiger partial charge >= 0.3 is 6.09 Å². The molecule has 0 fully saturated rings. The van der Waals surface area contributed by atoms with Crippen molar-refractivity contribution in [3.8, 4) is 0 Å². The fourth-order valence-corrected chi connectivity index (χ4v) is 1.72. The standard InChI is InChI=1S/C14H16N4O3/c1-21-14(20)17-12-5-2-4-11(10-12)16-13(19)6-9-18-8-3-7-15-18/h2-5,7-8,10H,6,9H2,1H3,(H,16,19)(H,17,20). The molecule has 1 heterocycles.